The lowest BCUT2D eigenvalue weighted by molar-refractivity contribution is 0.567. The number of nitrogens with one attached hydrogen (secondary N) is 1. The van der Waals surface area contributed by atoms with E-state index in [1.807, 2.05) is 7.05 Å². The topological polar surface area (TPSA) is 72.9 Å². The Bertz CT molecular complexity index is 972. The SMILES string of the molecule is Cn1ncc2ncnc(NCc3cn4c(F)cccc4n3)c21. The van der Waals surface area contributed by atoms with Crippen molar-refractivity contribution < 1.29 is 4.39 Å². The molecule has 1 N–H and O–H groups in total. The number of imidazole rings is 1. The van der Waals surface area contributed by atoms with Gasteiger partial charge in [0.15, 0.2) is 11.8 Å². The second-order valence-electron chi connectivity index (χ2n) is 4.89. The molecule has 0 fully saturated rings. The predicted molar refractivity (Wildman–Crippen MR) is 78.8 cm³/mol. The van der Waals surface area contributed by atoms with E-state index in [1.165, 1.54) is 16.8 Å². The van der Waals surface area contributed by atoms with Crippen LogP contribution < -0.4 is 5.32 Å². The number of hydrogen-bond acceptors (Lipinski definition) is 5. The van der Waals surface area contributed by atoms with Crippen LogP contribution in [0, 0.1) is 5.95 Å². The standard InChI is InChI=1S/C14H12FN7/c1-21-13-10(6-19-21)17-8-18-14(13)16-5-9-7-22-11(15)3-2-4-12(22)20-9/h2-4,6-8H,5H2,1H3,(H,16,17,18). The van der Waals surface area contributed by atoms with Gasteiger partial charge in [0.2, 0.25) is 0 Å². The van der Waals surface area contributed by atoms with Gasteiger partial charge >= 0.3 is 0 Å². The monoisotopic (exact) mass is 297 g/mol. The first-order chi connectivity index (χ1) is 10.7. The summed E-state index contributed by atoms with van der Waals surface area (Å²) >= 11 is 0. The molecule has 0 radical (unpaired) electrons. The van der Waals surface area contributed by atoms with Gasteiger partial charge in [-0.2, -0.15) is 9.49 Å². The molecular weight excluding hydrogens is 285 g/mol. The first kappa shape index (κ1) is 12.7. The maximum atomic E-state index is 13.7. The van der Waals surface area contributed by atoms with E-state index in [2.05, 4.69) is 25.4 Å². The van der Waals surface area contributed by atoms with Gasteiger partial charge in [-0.3, -0.25) is 9.08 Å². The van der Waals surface area contributed by atoms with E-state index in [9.17, 15) is 4.39 Å². The number of nitrogens with zero attached hydrogens (tertiary/aromatic N) is 6. The summed E-state index contributed by atoms with van der Waals surface area (Å²) in [5, 5.41) is 7.36. The fraction of sp³-hybridized carbons (Fsp3) is 0.143. The van der Waals surface area contributed by atoms with E-state index < -0.39 is 0 Å². The van der Waals surface area contributed by atoms with E-state index >= 15 is 0 Å². The van der Waals surface area contributed by atoms with Crippen molar-refractivity contribution in [3.63, 3.8) is 0 Å². The van der Waals surface area contributed by atoms with E-state index in [1.54, 1.807) is 29.2 Å². The van der Waals surface area contributed by atoms with Crippen molar-refractivity contribution in [1.82, 2.24) is 29.1 Å². The molecule has 0 atom stereocenters. The van der Waals surface area contributed by atoms with E-state index in [0.717, 1.165) is 16.7 Å². The van der Waals surface area contributed by atoms with Crippen LogP contribution in [0.4, 0.5) is 10.2 Å². The summed E-state index contributed by atoms with van der Waals surface area (Å²) in [6.45, 7) is 0.429. The minimum atomic E-state index is -0.340. The van der Waals surface area contributed by atoms with Crippen LogP contribution in [0.25, 0.3) is 16.7 Å². The van der Waals surface area contributed by atoms with E-state index in [0.29, 0.717) is 18.0 Å². The molecule has 0 aliphatic heterocycles. The molecule has 0 aliphatic carbocycles. The van der Waals surface area contributed by atoms with Gasteiger partial charge in [0.1, 0.15) is 23.0 Å². The Kier molecular flexibility index (Phi) is 2.75. The minimum absolute atomic E-state index is 0.340. The normalized spacial score (nSPS) is 11.4. The molecule has 4 heterocycles. The highest BCUT2D eigenvalue weighted by molar-refractivity contribution is 5.84. The van der Waals surface area contributed by atoms with Gasteiger partial charge < -0.3 is 5.32 Å². The zero-order chi connectivity index (χ0) is 15.1. The molecule has 0 saturated carbocycles. The van der Waals surface area contributed by atoms with Crippen molar-refractivity contribution in [2.45, 2.75) is 6.54 Å². The van der Waals surface area contributed by atoms with E-state index in [4.69, 9.17) is 0 Å². The number of aryl methyl sites for hydroxylation is 1. The average molecular weight is 297 g/mol. The number of fused-ring (bicyclic) bond motifs is 2. The van der Waals surface area contributed by atoms with Crippen molar-refractivity contribution in [3.05, 3.63) is 48.6 Å². The third kappa shape index (κ3) is 1.96. The fourth-order valence-electron chi connectivity index (χ4n) is 2.42. The second kappa shape index (κ2) is 4.76. The zero-order valence-electron chi connectivity index (χ0n) is 11.7. The number of pyridine rings is 1. The molecule has 0 spiro atoms. The number of anilines is 1. The van der Waals surface area contributed by atoms with Gasteiger partial charge in [-0.05, 0) is 12.1 Å². The number of rotatable bonds is 3. The summed E-state index contributed by atoms with van der Waals surface area (Å²) in [5.41, 5.74) is 2.88. The third-order valence-corrected chi connectivity index (χ3v) is 3.46. The van der Waals surface area contributed by atoms with Crippen LogP contribution in [0.2, 0.25) is 0 Å². The van der Waals surface area contributed by atoms with Crippen LogP contribution in [0.3, 0.4) is 0 Å². The van der Waals surface area contributed by atoms with Crippen LogP contribution in [0.5, 0.6) is 0 Å². The highest BCUT2D eigenvalue weighted by Gasteiger charge is 2.09. The summed E-state index contributed by atoms with van der Waals surface area (Å²) < 4.78 is 16.8. The van der Waals surface area contributed by atoms with Crippen molar-refractivity contribution in [2.75, 3.05) is 5.32 Å². The van der Waals surface area contributed by atoms with Gasteiger partial charge in [0, 0.05) is 13.2 Å². The largest absolute Gasteiger partial charge is 0.362 e. The summed E-state index contributed by atoms with van der Waals surface area (Å²) in [6.07, 6.45) is 4.83. The molecule has 22 heavy (non-hydrogen) atoms. The molecule has 0 unspecified atom stereocenters. The quantitative estimate of drug-likeness (QED) is 0.583. The maximum absolute atomic E-state index is 13.7. The Hall–Kier alpha value is -3.03. The summed E-state index contributed by atoms with van der Waals surface area (Å²) in [7, 11) is 1.83. The van der Waals surface area contributed by atoms with Crippen molar-refractivity contribution >= 4 is 22.5 Å². The lowest BCUT2D eigenvalue weighted by Crippen LogP contribution is -2.04. The Labute approximate surface area is 124 Å². The third-order valence-electron chi connectivity index (χ3n) is 3.46. The number of aromatic nitrogens is 6. The first-order valence-corrected chi connectivity index (χ1v) is 6.71. The van der Waals surface area contributed by atoms with Gasteiger partial charge in [0.25, 0.3) is 0 Å². The van der Waals surface area contributed by atoms with Crippen molar-refractivity contribution in [1.29, 1.82) is 0 Å². The Balaban J connectivity index is 1.65. The molecule has 0 bridgehead atoms. The number of hydrogen-bond donors (Lipinski definition) is 1. The summed E-state index contributed by atoms with van der Waals surface area (Å²) in [6, 6.07) is 4.80. The van der Waals surface area contributed by atoms with Crippen molar-refractivity contribution in [2.24, 2.45) is 7.05 Å². The molecular formula is C14H12FN7. The maximum Gasteiger partial charge on any atom is 0.199 e. The van der Waals surface area contributed by atoms with Crippen LogP contribution in [0.1, 0.15) is 5.69 Å². The van der Waals surface area contributed by atoms with Gasteiger partial charge in [0.05, 0.1) is 18.4 Å². The molecule has 0 saturated heterocycles. The fourth-order valence-corrected chi connectivity index (χ4v) is 2.42. The van der Waals surface area contributed by atoms with Crippen LogP contribution >= 0.6 is 0 Å². The summed E-state index contributed by atoms with van der Waals surface area (Å²) in [5.74, 6) is 0.329. The Morgan fingerprint density at radius 3 is 3.05 bits per heavy atom. The highest BCUT2D eigenvalue weighted by Crippen LogP contribution is 2.18. The second-order valence-corrected chi connectivity index (χ2v) is 4.89. The van der Waals surface area contributed by atoms with Crippen LogP contribution in [0.15, 0.2) is 36.9 Å². The predicted octanol–water partition coefficient (Wildman–Crippen LogP) is 1.76. The first-order valence-electron chi connectivity index (χ1n) is 6.71. The number of halogens is 1. The van der Waals surface area contributed by atoms with Crippen molar-refractivity contribution in [3.8, 4) is 0 Å². The van der Waals surface area contributed by atoms with Gasteiger partial charge in [-0.25, -0.2) is 15.0 Å². The molecule has 110 valence electrons. The Morgan fingerprint density at radius 2 is 2.18 bits per heavy atom. The zero-order valence-corrected chi connectivity index (χ0v) is 11.7. The van der Waals surface area contributed by atoms with Crippen LogP contribution in [-0.2, 0) is 13.6 Å². The lowest BCUT2D eigenvalue weighted by atomic mass is 10.4. The molecule has 8 heteroatoms. The highest BCUT2D eigenvalue weighted by atomic mass is 19.1. The minimum Gasteiger partial charge on any atom is -0.362 e. The molecule has 4 aromatic rings. The van der Waals surface area contributed by atoms with Gasteiger partial charge in [-0.1, -0.05) is 6.07 Å². The molecule has 0 aromatic carbocycles. The Morgan fingerprint density at radius 1 is 1.27 bits per heavy atom. The summed E-state index contributed by atoms with van der Waals surface area (Å²) in [4.78, 5) is 12.8. The average Bonchev–Trinajstić information content (AvgIpc) is 3.10. The lowest BCUT2D eigenvalue weighted by Gasteiger charge is -2.05. The molecule has 0 aliphatic rings. The smallest absolute Gasteiger partial charge is 0.199 e. The molecule has 4 aromatic heterocycles. The molecule has 7 nitrogen and oxygen atoms in total. The molecule has 0 amide bonds. The van der Waals surface area contributed by atoms with E-state index in [-0.39, 0.29) is 5.95 Å². The molecule has 4 rings (SSSR count). The van der Waals surface area contributed by atoms with Crippen LogP contribution in [-0.4, -0.2) is 29.1 Å². The van der Waals surface area contributed by atoms with Gasteiger partial charge in [-0.15, -0.1) is 0 Å².